The molecule has 2 aliphatic rings. The number of piperazine rings is 1. The Morgan fingerprint density at radius 1 is 1.27 bits per heavy atom. The molecule has 1 atom stereocenters. The predicted octanol–water partition coefficient (Wildman–Crippen LogP) is 1.10. The maximum absolute atomic E-state index is 12.4. The molecule has 144 valence electrons. The van der Waals surface area contributed by atoms with Gasteiger partial charge < -0.3 is 15.5 Å². The van der Waals surface area contributed by atoms with Crippen molar-refractivity contribution in [3.63, 3.8) is 0 Å². The molecule has 2 amide bonds. The molecule has 0 aromatic heterocycles. The van der Waals surface area contributed by atoms with E-state index in [-0.39, 0.29) is 30.1 Å². The van der Waals surface area contributed by atoms with Gasteiger partial charge in [0.15, 0.2) is 0 Å². The molecule has 3 rings (SSSR count). The highest BCUT2D eigenvalue weighted by Gasteiger charge is 2.35. The number of nitrogens with zero attached hydrogens (tertiary/aromatic N) is 2. The van der Waals surface area contributed by atoms with Crippen molar-refractivity contribution in [2.45, 2.75) is 20.3 Å². The maximum Gasteiger partial charge on any atom is 0.227 e. The molecule has 2 saturated heterocycles. The summed E-state index contributed by atoms with van der Waals surface area (Å²) in [5.41, 5.74) is 3.20. The Balaban J connectivity index is 0.00000243. The molecular formula is C19H29ClN4O2. The highest BCUT2D eigenvalue weighted by atomic mass is 35.5. The standard InChI is InChI=1S/C19H28N4O2.ClH/c1-14-4-3-5-17(15(14)2)23-13-16(12-18(23)24)19(25)21-8-11-22-9-6-20-7-10-22;/h3-5,16,20H,6-13H2,1-2H3,(H,21,25);1H. The Kier molecular flexibility index (Phi) is 7.43. The zero-order valence-electron chi connectivity index (χ0n) is 15.6. The summed E-state index contributed by atoms with van der Waals surface area (Å²) in [6.07, 6.45) is 0.298. The fourth-order valence-electron chi connectivity index (χ4n) is 3.56. The molecule has 2 N–H and O–H groups in total. The van der Waals surface area contributed by atoms with Crippen LogP contribution in [0.4, 0.5) is 5.69 Å². The molecule has 1 aromatic rings. The summed E-state index contributed by atoms with van der Waals surface area (Å²) in [7, 11) is 0. The Morgan fingerprint density at radius 3 is 2.73 bits per heavy atom. The molecule has 1 aromatic carbocycles. The van der Waals surface area contributed by atoms with Gasteiger partial charge in [-0.2, -0.15) is 0 Å². The first kappa shape index (κ1) is 20.7. The van der Waals surface area contributed by atoms with Crippen LogP contribution in [0.25, 0.3) is 0 Å². The largest absolute Gasteiger partial charge is 0.355 e. The van der Waals surface area contributed by atoms with Crippen LogP contribution in [-0.4, -0.2) is 62.5 Å². The van der Waals surface area contributed by atoms with Gasteiger partial charge in [0, 0.05) is 57.9 Å². The summed E-state index contributed by atoms with van der Waals surface area (Å²) in [6.45, 7) is 10.1. The van der Waals surface area contributed by atoms with E-state index in [4.69, 9.17) is 0 Å². The number of nitrogens with one attached hydrogen (secondary N) is 2. The SMILES string of the molecule is Cc1cccc(N2CC(C(=O)NCCN3CCNCC3)CC2=O)c1C.Cl. The molecule has 0 radical (unpaired) electrons. The third kappa shape index (κ3) is 4.75. The Labute approximate surface area is 161 Å². The van der Waals surface area contributed by atoms with E-state index in [0.717, 1.165) is 49.5 Å². The van der Waals surface area contributed by atoms with Crippen molar-refractivity contribution in [1.29, 1.82) is 0 Å². The summed E-state index contributed by atoms with van der Waals surface area (Å²) >= 11 is 0. The molecule has 26 heavy (non-hydrogen) atoms. The quantitative estimate of drug-likeness (QED) is 0.803. The van der Waals surface area contributed by atoms with Gasteiger partial charge in [-0.3, -0.25) is 14.5 Å². The van der Waals surface area contributed by atoms with E-state index in [9.17, 15) is 9.59 Å². The number of rotatable bonds is 5. The number of carbonyl (C=O) groups excluding carboxylic acids is 2. The van der Waals surface area contributed by atoms with Crippen LogP contribution in [0, 0.1) is 19.8 Å². The molecule has 2 aliphatic heterocycles. The minimum absolute atomic E-state index is 0. The lowest BCUT2D eigenvalue weighted by atomic mass is 10.1. The van der Waals surface area contributed by atoms with E-state index >= 15 is 0 Å². The number of carbonyl (C=O) groups is 2. The lowest BCUT2D eigenvalue weighted by molar-refractivity contribution is -0.126. The topological polar surface area (TPSA) is 64.7 Å². The van der Waals surface area contributed by atoms with Crippen LogP contribution in [-0.2, 0) is 9.59 Å². The van der Waals surface area contributed by atoms with Gasteiger partial charge in [-0.05, 0) is 31.0 Å². The smallest absolute Gasteiger partial charge is 0.227 e. The molecule has 1 unspecified atom stereocenters. The third-order valence-corrected chi connectivity index (χ3v) is 5.30. The van der Waals surface area contributed by atoms with Crippen LogP contribution >= 0.6 is 12.4 Å². The number of anilines is 1. The van der Waals surface area contributed by atoms with Crippen LogP contribution in [0.2, 0.25) is 0 Å². The minimum atomic E-state index is -0.254. The molecule has 0 spiro atoms. The van der Waals surface area contributed by atoms with E-state index in [0.29, 0.717) is 19.5 Å². The molecular weight excluding hydrogens is 352 g/mol. The van der Waals surface area contributed by atoms with E-state index < -0.39 is 0 Å². The van der Waals surface area contributed by atoms with Crippen molar-refractivity contribution in [2.24, 2.45) is 5.92 Å². The average Bonchev–Trinajstić information content (AvgIpc) is 3.00. The minimum Gasteiger partial charge on any atom is -0.355 e. The van der Waals surface area contributed by atoms with Crippen LogP contribution < -0.4 is 15.5 Å². The van der Waals surface area contributed by atoms with Gasteiger partial charge in [0.1, 0.15) is 0 Å². The first-order chi connectivity index (χ1) is 12.1. The van der Waals surface area contributed by atoms with Crippen LogP contribution in [0.5, 0.6) is 0 Å². The highest BCUT2D eigenvalue weighted by Crippen LogP contribution is 2.29. The second-order valence-corrected chi connectivity index (χ2v) is 7.01. The molecule has 0 aliphatic carbocycles. The van der Waals surface area contributed by atoms with E-state index in [1.807, 2.05) is 32.0 Å². The van der Waals surface area contributed by atoms with Gasteiger partial charge in [0.2, 0.25) is 11.8 Å². The zero-order chi connectivity index (χ0) is 17.8. The van der Waals surface area contributed by atoms with Gasteiger partial charge in [0.25, 0.3) is 0 Å². The van der Waals surface area contributed by atoms with Crippen molar-refractivity contribution >= 4 is 29.9 Å². The monoisotopic (exact) mass is 380 g/mol. The zero-order valence-corrected chi connectivity index (χ0v) is 16.4. The second-order valence-electron chi connectivity index (χ2n) is 7.01. The van der Waals surface area contributed by atoms with E-state index in [2.05, 4.69) is 15.5 Å². The number of hydrogen-bond donors (Lipinski definition) is 2. The first-order valence-corrected chi connectivity index (χ1v) is 9.13. The Hall–Kier alpha value is -1.63. The fraction of sp³-hybridized carbons (Fsp3) is 0.579. The Bertz CT molecular complexity index is 646. The van der Waals surface area contributed by atoms with Crippen LogP contribution in [0.1, 0.15) is 17.5 Å². The molecule has 0 saturated carbocycles. The van der Waals surface area contributed by atoms with Gasteiger partial charge >= 0.3 is 0 Å². The summed E-state index contributed by atoms with van der Waals surface area (Å²) in [5, 5.41) is 6.33. The van der Waals surface area contributed by atoms with Crippen LogP contribution in [0.3, 0.4) is 0 Å². The molecule has 0 bridgehead atoms. The first-order valence-electron chi connectivity index (χ1n) is 9.13. The molecule has 7 heteroatoms. The van der Waals surface area contributed by atoms with Gasteiger partial charge in [-0.25, -0.2) is 0 Å². The highest BCUT2D eigenvalue weighted by molar-refractivity contribution is 6.00. The number of amides is 2. The van der Waals surface area contributed by atoms with Crippen LogP contribution in [0.15, 0.2) is 18.2 Å². The summed E-state index contributed by atoms with van der Waals surface area (Å²) in [5.74, 6) is -0.220. The van der Waals surface area contributed by atoms with Crippen molar-refractivity contribution < 1.29 is 9.59 Å². The normalized spacial score (nSPS) is 20.8. The maximum atomic E-state index is 12.4. The van der Waals surface area contributed by atoms with Crippen molar-refractivity contribution in [2.75, 3.05) is 50.7 Å². The molecule has 6 nitrogen and oxygen atoms in total. The number of halogens is 1. The lowest BCUT2D eigenvalue weighted by Crippen LogP contribution is -2.46. The third-order valence-electron chi connectivity index (χ3n) is 5.30. The van der Waals surface area contributed by atoms with Crippen molar-refractivity contribution in [3.05, 3.63) is 29.3 Å². The number of hydrogen-bond acceptors (Lipinski definition) is 4. The average molecular weight is 381 g/mol. The summed E-state index contributed by atoms with van der Waals surface area (Å²) in [6, 6.07) is 5.97. The summed E-state index contributed by atoms with van der Waals surface area (Å²) in [4.78, 5) is 29.0. The number of aryl methyl sites for hydroxylation is 1. The van der Waals surface area contributed by atoms with Crippen molar-refractivity contribution in [1.82, 2.24) is 15.5 Å². The molecule has 2 heterocycles. The molecule has 2 fully saturated rings. The lowest BCUT2D eigenvalue weighted by Gasteiger charge is -2.27. The Morgan fingerprint density at radius 2 is 2.00 bits per heavy atom. The van der Waals surface area contributed by atoms with Gasteiger partial charge in [-0.15, -0.1) is 12.4 Å². The fourth-order valence-corrected chi connectivity index (χ4v) is 3.56. The van der Waals surface area contributed by atoms with E-state index in [1.54, 1.807) is 4.90 Å². The van der Waals surface area contributed by atoms with Gasteiger partial charge in [0.05, 0.1) is 5.92 Å². The summed E-state index contributed by atoms with van der Waals surface area (Å²) < 4.78 is 0. The predicted molar refractivity (Wildman–Crippen MR) is 106 cm³/mol. The van der Waals surface area contributed by atoms with Crippen molar-refractivity contribution in [3.8, 4) is 0 Å². The number of benzene rings is 1. The van der Waals surface area contributed by atoms with E-state index in [1.165, 1.54) is 0 Å². The van der Waals surface area contributed by atoms with Gasteiger partial charge in [-0.1, -0.05) is 12.1 Å². The second kappa shape index (κ2) is 9.35.